The smallest absolute Gasteiger partial charge is 0.164 e. The zero-order valence-corrected chi connectivity index (χ0v) is 69.3. The van der Waals surface area contributed by atoms with Gasteiger partial charge in [0.25, 0.3) is 0 Å². The lowest BCUT2D eigenvalue weighted by Gasteiger charge is -2.12. The third kappa shape index (κ3) is 14.8. The van der Waals surface area contributed by atoms with E-state index in [-0.39, 0.29) is 0 Å². The molecule has 0 unspecified atom stereocenters. The molecule has 3 heterocycles. The third-order valence-corrected chi connectivity index (χ3v) is 24.5. The van der Waals surface area contributed by atoms with Crippen LogP contribution in [0.15, 0.2) is 455 Å². The van der Waals surface area contributed by atoms with E-state index in [1.807, 2.05) is 42.5 Å². The lowest BCUT2D eigenvalue weighted by molar-refractivity contribution is 1.07. The van der Waals surface area contributed by atoms with Crippen molar-refractivity contribution in [2.45, 2.75) is 0 Å². The van der Waals surface area contributed by atoms with Gasteiger partial charge in [0.15, 0.2) is 52.4 Å². The molecule has 0 amide bonds. The Morgan fingerprint density at radius 3 is 0.500 bits per heavy atom. The highest BCUT2D eigenvalue weighted by molar-refractivity contribution is 6.13. The molecule has 9 heteroatoms. The highest BCUT2D eigenvalue weighted by Crippen LogP contribution is 2.39. The Labute approximate surface area is 738 Å². The second-order valence-corrected chi connectivity index (χ2v) is 32.3. The summed E-state index contributed by atoms with van der Waals surface area (Å²) in [6, 6.07) is 159. The lowest BCUT2D eigenvalue weighted by atomic mass is 9.99. The van der Waals surface area contributed by atoms with Crippen LogP contribution in [0.5, 0.6) is 0 Å². The van der Waals surface area contributed by atoms with Gasteiger partial charge < -0.3 is 0 Å². The van der Waals surface area contributed by atoms with Crippen molar-refractivity contribution in [1.82, 2.24) is 44.9 Å². The molecule has 0 radical (unpaired) electrons. The fourth-order valence-electron chi connectivity index (χ4n) is 17.9. The maximum absolute atomic E-state index is 5.12. The van der Waals surface area contributed by atoms with Gasteiger partial charge in [-0.2, -0.15) is 0 Å². The van der Waals surface area contributed by atoms with Crippen molar-refractivity contribution in [3.05, 3.63) is 455 Å². The minimum Gasteiger partial charge on any atom is -0.208 e. The van der Waals surface area contributed by atoms with Crippen LogP contribution in [-0.4, -0.2) is 44.9 Å². The number of benzene rings is 22. The first-order chi connectivity index (χ1) is 63.3. The number of hydrogen-bond acceptors (Lipinski definition) is 9. The van der Waals surface area contributed by atoms with E-state index in [2.05, 4.69) is 413 Å². The van der Waals surface area contributed by atoms with Crippen molar-refractivity contribution in [1.29, 1.82) is 0 Å². The number of nitrogens with zero attached hydrogens (tertiary/aromatic N) is 9. The predicted octanol–water partition coefficient (Wildman–Crippen LogP) is 30.6. The van der Waals surface area contributed by atoms with Crippen LogP contribution in [0.1, 0.15) is 0 Å². The lowest BCUT2D eigenvalue weighted by Crippen LogP contribution is -2.00. The number of rotatable bonds is 11. The summed E-state index contributed by atoms with van der Waals surface area (Å²) >= 11 is 0. The minimum absolute atomic E-state index is 0.653. The van der Waals surface area contributed by atoms with E-state index in [1.54, 1.807) is 0 Å². The number of hydrogen-bond donors (Lipinski definition) is 0. The number of fused-ring (bicyclic) bond motifs is 16. The molecule has 0 N–H and O–H groups in total. The summed E-state index contributed by atoms with van der Waals surface area (Å²) in [5.41, 5.74) is 13.3. The molecule has 128 heavy (non-hydrogen) atoms. The highest BCUT2D eigenvalue weighted by atomic mass is 15.1. The molecule has 0 aliphatic rings. The molecule has 0 bridgehead atoms. The number of aromatic nitrogens is 9. The summed E-state index contributed by atoms with van der Waals surface area (Å²) in [6.07, 6.45) is 0. The Kier molecular flexibility index (Phi) is 19.4. The van der Waals surface area contributed by atoms with Gasteiger partial charge in [-0.05, 0) is 177 Å². The van der Waals surface area contributed by atoms with Gasteiger partial charge in [-0.3, -0.25) is 0 Å². The van der Waals surface area contributed by atoms with E-state index in [0.717, 1.165) is 93.5 Å². The molecule has 0 aliphatic carbocycles. The van der Waals surface area contributed by atoms with Gasteiger partial charge in [0.2, 0.25) is 0 Å². The minimum atomic E-state index is 0.653. The second kappa shape index (κ2) is 32.8. The van der Waals surface area contributed by atoms with Gasteiger partial charge in [-0.15, -0.1) is 0 Å². The van der Waals surface area contributed by atoms with Crippen LogP contribution in [0.4, 0.5) is 0 Å². The maximum Gasteiger partial charge on any atom is 0.164 e. The summed E-state index contributed by atoms with van der Waals surface area (Å²) in [5.74, 6) is 5.92. The van der Waals surface area contributed by atoms with Crippen LogP contribution in [0.2, 0.25) is 0 Å². The van der Waals surface area contributed by atoms with Gasteiger partial charge in [-0.1, -0.05) is 419 Å². The van der Waals surface area contributed by atoms with Crippen molar-refractivity contribution in [3.63, 3.8) is 0 Å². The molecule has 0 atom stereocenters. The zero-order chi connectivity index (χ0) is 84.8. The largest absolute Gasteiger partial charge is 0.208 e. The van der Waals surface area contributed by atoms with Gasteiger partial charge in [0, 0.05) is 50.1 Å². The van der Waals surface area contributed by atoms with Crippen molar-refractivity contribution >= 4 is 118 Å². The molecule has 9 nitrogen and oxygen atoms in total. The molecular weight excluding hydrogens is 1560 g/mol. The standard InChI is InChI=1S/C45H27N3.C37H23N3.C37H25N3/c1-4-10-37-28(7-1)13-16-31-25-34(19-22-40(31)37)43-46-44(35-20-23-41-32(26-35)17-14-29-8-2-5-11-38(29)41)48-45(47-43)36-21-24-42-33(27-36)18-15-30-9-3-6-12-39(30)42;1-2-10-26(11-3-1)35-38-36(29-18-20-33-27(22-29)16-14-24-8-4-6-12-31(24)33)40-37(39-35)30-19-21-34-28(23-30)17-15-25-9-5-7-13-32(25)34;1-3-9-26(10-4-1)29-15-20-31(21-16-29)35-38-36(32-22-17-30(18-23-32)27-11-5-2-6-12-27)40-37(39-35)34-24-19-28-13-7-8-14-33(28)25-34/h1-27H;1-23H;1-25H. The van der Waals surface area contributed by atoms with E-state index in [1.165, 1.54) is 97.3 Å². The summed E-state index contributed by atoms with van der Waals surface area (Å²) in [6.45, 7) is 0. The Balaban J connectivity index is 0.000000111. The van der Waals surface area contributed by atoms with E-state index >= 15 is 0 Å². The van der Waals surface area contributed by atoms with Gasteiger partial charge in [0.05, 0.1) is 0 Å². The fraction of sp³-hybridized carbons (Fsp3) is 0. The van der Waals surface area contributed by atoms with E-state index in [9.17, 15) is 0 Å². The summed E-state index contributed by atoms with van der Waals surface area (Å²) < 4.78 is 0. The average Bonchev–Trinajstić information content (AvgIpc) is 0.777. The molecule has 0 saturated carbocycles. The second-order valence-electron chi connectivity index (χ2n) is 32.3. The van der Waals surface area contributed by atoms with Crippen LogP contribution in [0, 0.1) is 0 Å². The molecular formula is C119H75N9. The SMILES string of the molecule is c1ccc(-c2ccc(-c3nc(-c4ccc(-c5ccccc5)cc4)nc(-c4ccc5ccccc5c4)n3)cc2)cc1.c1ccc(-c2nc(-c3ccc4c(ccc5ccccc54)c3)nc(-c3ccc4c(ccc5ccccc54)c3)n2)cc1.c1ccc2c(c1)ccc1cc(-c3nc(-c4ccc5c(ccc6ccccc65)c4)nc(-c4ccc5c(ccc6ccccc65)c4)n3)ccc12. The van der Waals surface area contributed by atoms with Crippen molar-refractivity contribution in [2.75, 3.05) is 0 Å². The normalized spacial score (nSPS) is 11.4. The zero-order valence-electron chi connectivity index (χ0n) is 69.3. The van der Waals surface area contributed by atoms with Crippen LogP contribution in [0.3, 0.4) is 0 Å². The van der Waals surface area contributed by atoms with E-state index in [4.69, 9.17) is 44.9 Å². The topological polar surface area (TPSA) is 116 Å². The maximum atomic E-state index is 5.12. The van der Waals surface area contributed by atoms with Crippen LogP contribution < -0.4 is 0 Å². The van der Waals surface area contributed by atoms with Crippen molar-refractivity contribution in [2.24, 2.45) is 0 Å². The molecule has 0 saturated heterocycles. The molecule has 25 rings (SSSR count). The van der Waals surface area contributed by atoms with E-state index in [0.29, 0.717) is 52.4 Å². The molecule has 22 aromatic carbocycles. The summed E-state index contributed by atoms with van der Waals surface area (Å²) in [4.78, 5) is 45.1. The predicted molar refractivity (Wildman–Crippen MR) is 532 cm³/mol. The van der Waals surface area contributed by atoms with E-state index < -0.39 is 0 Å². The first-order valence-electron chi connectivity index (χ1n) is 43.1. The summed E-state index contributed by atoms with van der Waals surface area (Å²) in [7, 11) is 0. The Morgan fingerprint density at radius 2 is 0.234 bits per heavy atom. The first-order valence-corrected chi connectivity index (χ1v) is 43.1. The molecule has 3 aromatic heterocycles. The molecule has 596 valence electrons. The first kappa shape index (κ1) is 75.7. The monoisotopic (exact) mass is 1630 g/mol. The Morgan fingerprint density at radius 1 is 0.0859 bits per heavy atom. The van der Waals surface area contributed by atoms with Gasteiger partial charge >= 0.3 is 0 Å². The molecule has 25 aromatic rings. The quantitative estimate of drug-likeness (QED) is 0.117. The highest BCUT2D eigenvalue weighted by Gasteiger charge is 2.20. The van der Waals surface area contributed by atoms with Crippen LogP contribution >= 0.6 is 0 Å². The summed E-state index contributed by atoms with van der Waals surface area (Å²) in [5, 5.41) is 26.6. The molecule has 0 aliphatic heterocycles. The van der Waals surface area contributed by atoms with Gasteiger partial charge in [-0.25, -0.2) is 44.9 Å². The Bertz CT molecular complexity index is 8060. The van der Waals surface area contributed by atoms with Crippen LogP contribution in [-0.2, 0) is 0 Å². The third-order valence-electron chi connectivity index (χ3n) is 24.5. The molecule has 0 fully saturated rings. The van der Waals surface area contributed by atoms with Crippen molar-refractivity contribution < 1.29 is 0 Å². The van der Waals surface area contributed by atoms with Crippen molar-refractivity contribution in [3.8, 4) is 125 Å². The van der Waals surface area contributed by atoms with Gasteiger partial charge in [0.1, 0.15) is 0 Å². The molecule has 0 spiro atoms. The Hall–Kier alpha value is -17.3. The van der Waals surface area contributed by atoms with Crippen LogP contribution in [0.25, 0.3) is 243 Å². The fourth-order valence-corrected chi connectivity index (χ4v) is 17.9. The average molecular weight is 1630 g/mol.